The summed E-state index contributed by atoms with van der Waals surface area (Å²) in [6.45, 7) is 11.6. The summed E-state index contributed by atoms with van der Waals surface area (Å²) in [6, 6.07) is 0. The number of carbonyl (C=O) groups excluding carboxylic acids is 1. The molecule has 2 fully saturated rings. The summed E-state index contributed by atoms with van der Waals surface area (Å²) >= 11 is 0. The van der Waals surface area contributed by atoms with Gasteiger partial charge in [-0.15, -0.1) is 6.58 Å². The van der Waals surface area contributed by atoms with Crippen molar-refractivity contribution in [1.29, 1.82) is 0 Å². The Hall–Kier alpha value is -1.58. The van der Waals surface area contributed by atoms with E-state index in [1.165, 1.54) is 19.3 Å². The Balaban J connectivity index is 1.77. The van der Waals surface area contributed by atoms with Crippen LogP contribution in [0.3, 0.4) is 0 Å². The summed E-state index contributed by atoms with van der Waals surface area (Å²) in [5, 5.41) is 8.77. The first-order valence-corrected chi connectivity index (χ1v) is 10.9. The van der Waals surface area contributed by atoms with E-state index in [0.29, 0.717) is 18.4 Å². The molecule has 4 nitrogen and oxygen atoms in total. The minimum absolute atomic E-state index is 0.0419. The van der Waals surface area contributed by atoms with Gasteiger partial charge in [-0.25, -0.2) is 0 Å². The first-order valence-electron chi connectivity index (χ1n) is 10.9. The summed E-state index contributed by atoms with van der Waals surface area (Å²) in [7, 11) is 0. The van der Waals surface area contributed by atoms with Crippen molar-refractivity contribution in [1.82, 2.24) is 0 Å². The number of fused-ring (bicyclic) bond motifs is 3. The molecule has 3 rings (SSSR count). The number of carboxylic acids is 1. The van der Waals surface area contributed by atoms with E-state index in [4.69, 9.17) is 9.84 Å². The van der Waals surface area contributed by atoms with E-state index in [2.05, 4.69) is 39.5 Å². The summed E-state index contributed by atoms with van der Waals surface area (Å²) in [5.41, 5.74) is 1.93. The van der Waals surface area contributed by atoms with Crippen molar-refractivity contribution in [2.24, 2.45) is 28.1 Å². The highest BCUT2D eigenvalue weighted by Gasteiger charge is 2.56. The molecule has 0 radical (unpaired) electrons. The van der Waals surface area contributed by atoms with Gasteiger partial charge in [0.15, 0.2) is 0 Å². The van der Waals surface area contributed by atoms with Crippen molar-refractivity contribution in [3.63, 3.8) is 0 Å². The van der Waals surface area contributed by atoms with Crippen LogP contribution in [0.5, 0.6) is 0 Å². The zero-order valence-corrected chi connectivity index (χ0v) is 17.8. The number of ether oxygens (including phenoxy) is 1. The molecule has 0 aromatic heterocycles. The van der Waals surface area contributed by atoms with Crippen LogP contribution >= 0.6 is 0 Å². The molecule has 0 heterocycles. The third-order valence-corrected chi connectivity index (χ3v) is 8.25. The van der Waals surface area contributed by atoms with Crippen molar-refractivity contribution in [3.05, 3.63) is 24.3 Å². The van der Waals surface area contributed by atoms with Gasteiger partial charge in [-0.1, -0.05) is 44.9 Å². The van der Waals surface area contributed by atoms with Gasteiger partial charge in [0.05, 0.1) is 19.4 Å². The quantitative estimate of drug-likeness (QED) is 0.480. The summed E-state index contributed by atoms with van der Waals surface area (Å²) < 4.78 is 5.59. The molecule has 0 saturated heterocycles. The van der Waals surface area contributed by atoms with Crippen molar-refractivity contribution >= 4 is 11.9 Å². The van der Waals surface area contributed by atoms with E-state index in [0.717, 1.165) is 25.7 Å². The number of allylic oxidation sites excluding steroid dienone is 3. The predicted molar refractivity (Wildman–Crippen MR) is 110 cm³/mol. The fourth-order valence-corrected chi connectivity index (χ4v) is 6.59. The maximum atomic E-state index is 12.0. The average Bonchev–Trinajstić information content (AvgIpc) is 2.65. The molecule has 28 heavy (non-hydrogen) atoms. The Kier molecular flexibility index (Phi) is 5.80. The SMILES string of the molecule is C=C[C@@]1(C)CCC=C2C1CCC1[C@](C)(COC(=O)CCC(=O)O)CCC[C@@]21C. The first-order chi connectivity index (χ1) is 13.1. The molecule has 1 N–H and O–H groups in total. The number of carbonyl (C=O) groups is 2. The Labute approximate surface area is 169 Å². The lowest BCUT2D eigenvalue weighted by Gasteiger charge is -2.60. The second kappa shape index (κ2) is 7.68. The number of hydrogen-bond donors (Lipinski definition) is 1. The predicted octanol–water partition coefficient (Wildman–Crippen LogP) is 5.53. The molecule has 0 amide bonds. The fraction of sp³-hybridized carbons (Fsp3) is 0.750. The Morgan fingerprint density at radius 2 is 1.96 bits per heavy atom. The molecule has 3 aliphatic carbocycles. The van der Waals surface area contributed by atoms with Gasteiger partial charge in [-0.05, 0) is 61.2 Å². The largest absolute Gasteiger partial charge is 0.481 e. The van der Waals surface area contributed by atoms with Gasteiger partial charge in [-0.3, -0.25) is 9.59 Å². The van der Waals surface area contributed by atoms with E-state index < -0.39 is 5.97 Å². The minimum Gasteiger partial charge on any atom is -0.481 e. The Morgan fingerprint density at radius 3 is 2.64 bits per heavy atom. The van der Waals surface area contributed by atoms with Crippen LogP contribution in [0.15, 0.2) is 24.3 Å². The lowest BCUT2D eigenvalue weighted by molar-refractivity contribution is -0.155. The molecule has 0 bridgehead atoms. The highest BCUT2D eigenvalue weighted by Crippen LogP contribution is 2.65. The highest BCUT2D eigenvalue weighted by molar-refractivity contribution is 5.76. The van der Waals surface area contributed by atoms with E-state index in [1.54, 1.807) is 5.57 Å². The van der Waals surface area contributed by atoms with Crippen LogP contribution in [-0.2, 0) is 14.3 Å². The van der Waals surface area contributed by atoms with Gasteiger partial charge in [0.1, 0.15) is 0 Å². The summed E-state index contributed by atoms with van der Waals surface area (Å²) in [6.07, 6.45) is 12.5. The van der Waals surface area contributed by atoms with Crippen LogP contribution in [0.4, 0.5) is 0 Å². The van der Waals surface area contributed by atoms with E-state index in [1.807, 2.05) is 0 Å². The van der Waals surface area contributed by atoms with Crippen molar-refractivity contribution in [3.8, 4) is 0 Å². The molecular weight excluding hydrogens is 352 g/mol. The number of esters is 1. The average molecular weight is 389 g/mol. The molecule has 4 heteroatoms. The van der Waals surface area contributed by atoms with Crippen LogP contribution in [0.2, 0.25) is 0 Å². The van der Waals surface area contributed by atoms with E-state index in [-0.39, 0.29) is 35.1 Å². The van der Waals surface area contributed by atoms with Gasteiger partial charge in [-0.2, -0.15) is 0 Å². The standard InChI is InChI=1S/C24H36O4/c1-5-22(2)13-6-8-18-17(22)9-10-19-23(3,14-7-15-24(18,19)4)16-28-21(27)12-11-20(25)26/h5,8,17,19H,1,6-7,9-16H2,2-4H3,(H,25,26)/t17?,19?,22-,23-,24-/m0/s1. The molecule has 2 unspecified atom stereocenters. The van der Waals surface area contributed by atoms with Crippen LogP contribution in [0.1, 0.15) is 78.6 Å². The monoisotopic (exact) mass is 388 g/mol. The lowest BCUT2D eigenvalue weighted by Crippen LogP contribution is -2.53. The second-order valence-corrected chi connectivity index (χ2v) is 10.1. The number of carboxylic acid groups (broad SMARTS) is 1. The van der Waals surface area contributed by atoms with E-state index in [9.17, 15) is 9.59 Å². The second-order valence-electron chi connectivity index (χ2n) is 10.1. The maximum absolute atomic E-state index is 12.0. The topological polar surface area (TPSA) is 63.6 Å². The van der Waals surface area contributed by atoms with Gasteiger partial charge in [0.25, 0.3) is 0 Å². The van der Waals surface area contributed by atoms with Crippen LogP contribution in [0.25, 0.3) is 0 Å². The molecule has 0 aromatic carbocycles. The number of aliphatic carboxylic acids is 1. The van der Waals surface area contributed by atoms with Crippen LogP contribution in [-0.4, -0.2) is 23.7 Å². The maximum Gasteiger partial charge on any atom is 0.306 e. The number of hydrogen-bond acceptors (Lipinski definition) is 3. The van der Waals surface area contributed by atoms with Gasteiger partial charge in [0.2, 0.25) is 0 Å². The van der Waals surface area contributed by atoms with E-state index >= 15 is 0 Å². The molecule has 0 aromatic rings. The Bertz CT molecular complexity index is 680. The number of rotatable bonds is 6. The molecule has 0 aliphatic heterocycles. The zero-order valence-electron chi connectivity index (χ0n) is 17.8. The smallest absolute Gasteiger partial charge is 0.306 e. The first kappa shape index (κ1) is 21.1. The highest BCUT2D eigenvalue weighted by atomic mass is 16.5. The fourth-order valence-electron chi connectivity index (χ4n) is 6.59. The molecule has 0 spiro atoms. The molecule has 3 aliphatic rings. The molecule has 156 valence electrons. The van der Waals surface area contributed by atoms with Crippen molar-refractivity contribution in [2.45, 2.75) is 78.6 Å². The normalized spacial score (nSPS) is 39.9. The molecule has 2 saturated carbocycles. The minimum atomic E-state index is -0.957. The zero-order chi connectivity index (χ0) is 20.6. The molecular formula is C24H36O4. The van der Waals surface area contributed by atoms with Crippen molar-refractivity contribution < 1.29 is 19.4 Å². The third-order valence-electron chi connectivity index (χ3n) is 8.25. The van der Waals surface area contributed by atoms with Crippen LogP contribution < -0.4 is 0 Å². The van der Waals surface area contributed by atoms with Crippen molar-refractivity contribution in [2.75, 3.05) is 6.61 Å². The summed E-state index contributed by atoms with van der Waals surface area (Å²) in [4.78, 5) is 22.7. The third kappa shape index (κ3) is 3.67. The molecule has 5 atom stereocenters. The van der Waals surface area contributed by atoms with Gasteiger partial charge in [0, 0.05) is 5.41 Å². The van der Waals surface area contributed by atoms with Gasteiger partial charge >= 0.3 is 11.9 Å². The van der Waals surface area contributed by atoms with Crippen LogP contribution in [0, 0.1) is 28.1 Å². The summed E-state index contributed by atoms with van der Waals surface area (Å²) in [5.74, 6) is -0.266. The van der Waals surface area contributed by atoms with Gasteiger partial charge < -0.3 is 9.84 Å². The lowest BCUT2D eigenvalue weighted by atomic mass is 9.44. The Morgan fingerprint density at radius 1 is 1.21 bits per heavy atom.